The Balaban J connectivity index is 1.42. The van der Waals surface area contributed by atoms with Gasteiger partial charge in [0.2, 0.25) is 5.91 Å². The summed E-state index contributed by atoms with van der Waals surface area (Å²) in [5, 5.41) is 6.66. The van der Waals surface area contributed by atoms with Crippen LogP contribution in [0.5, 0.6) is 0 Å². The van der Waals surface area contributed by atoms with Crippen LogP contribution in [0.25, 0.3) is 0 Å². The van der Waals surface area contributed by atoms with Crippen molar-refractivity contribution >= 4 is 29.2 Å². The topological polar surface area (TPSA) is 97.9 Å². The van der Waals surface area contributed by atoms with Gasteiger partial charge in [-0.05, 0) is 62.2 Å². The molecule has 2 aromatic rings. The van der Waals surface area contributed by atoms with Gasteiger partial charge < -0.3 is 20.4 Å². The van der Waals surface area contributed by atoms with E-state index < -0.39 is 5.54 Å². The molecule has 4 amide bonds. The third kappa shape index (κ3) is 4.16. The molecule has 1 aromatic heterocycles. The maximum Gasteiger partial charge on any atom is 0.332 e. The number of hydrogen-bond donors (Lipinski definition) is 2. The number of benzene rings is 1. The molecule has 0 saturated carbocycles. The molecule has 9 nitrogen and oxygen atoms in total. The number of hydrogen-bond acceptors (Lipinski definition) is 6. The first-order valence-corrected chi connectivity index (χ1v) is 12.5. The van der Waals surface area contributed by atoms with Crippen LogP contribution in [-0.4, -0.2) is 65.5 Å². The molecule has 0 bridgehead atoms. The Kier molecular flexibility index (Phi) is 6.08. The Bertz CT molecular complexity index is 1190. The number of rotatable bonds is 6. The van der Waals surface area contributed by atoms with Crippen molar-refractivity contribution in [3.63, 3.8) is 0 Å². The fourth-order valence-corrected chi connectivity index (χ4v) is 5.40. The van der Waals surface area contributed by atoms with Crippen LogP contribution in [0.15, 0.2) is 42.7 Å². The Morgan fingerprint density at radius 1 is 1.14 bits per heavy atom. The van der Waals surface area contributed by atoms with E-state index in [1.807, 2.05) is 30.3 Å². The molecule has 0 spiro atoms. The number of urea groups is 1. The molecule has 36 heavy (non-hydrogen) atoms. The summed E-state index contributed by atoms with van der Waals surface area (Å²) in [7, 11) is 0. The maximum atomic E-state index is 13.5. The molecule has 0 radical (unpaired) electrons. The molecule has 9 heteroatoms. The van der Waals surface area contributed by atoms with Crippen LogP contribution in [-0.2, 0) is 21.5 Å². The largest absolute Gasteiger partial charge is 0.332 e. The van der Waals surface area contributed by atoms with Crippen LogP contribution in [0, 0.1) is 0 Å². The predicted octanol–water partition coefficient (Wildman–Crippen LogP) is 2.40. The van der Waals surface area contributed by atoms with E-state index in [0.717, 1.165) is 36.3 Å². The molecule has 1 aromatic carbocycles. The van der Waals surface area contributed by atoms with Gasteiger partial charge in [-0.3, -0.25) is 14.6 Å². The summed E-state index contributed by atoms with van der Waals surface area (Å²) in [5.41, 5.74) is 1.95. The van der Waals surface area contributed by atoms with Crippen molar-refractivity contribution in [3.8, 4) is 0 Å². The van der Waals surface area contributed by atoms with Gasteiger partial charge in [-0.2, -0.15) is 0 Å². The van der Waals surface area contributed by atoms with E-state index in [4.69, 9.17) is 0 Å². The van der Waals surface area contributed by atoms with E-state index in [2.05, 4.69) is 29.5 Å². The number of pyridine rings is 1. The van der Waals surface area contributed by atoms with Crippen molar-refractivity contribution in [1.29, 1.82) is 0 Å². The maximum absolute atomic E-state index is 13.5. The van der Waals surface area contributed by atoms with Gasteiger partial charge in [-0.25, -0.2) is 9.69 Å². The van der Waals surface area contributed by atoms with Crippen molar-refractivity contribution in [3.05, 3.63) is 53.9 Å². The quantitative estimate of drug-likeness (QED) is 0.604. The molecule has 2 N–H and O–H groups in total. The van der Waals surface area contributed by atoms with Gasteiger partial charge in [-0.1, -0.05) is 19.9 Å². The Hall–Kier alpha value is -3.30. The molecular weight excluding hydrogens is 456 g/mol. The number of imide groups is 1. The van der Waals surface area contributed by atoms with E-state index >= 15 is 0 Å². The molecule has 2 fully saturated rings. The molecule has 2 saturated heterocycles. The van der Waals surface area contributed by atoms with Gasteiger partial charge in [0.1, 0.15) is 5.54 Å². The molecule has 3 aliphatic heterocycles. The normalized spacial score (nSPS) is 22.4. The summed E-state index contributed by atoms with van der Waals surface area (Å²) >= 11 is 0. The van der Waals surface area contributed by atoms with Gasteiger partial charge in [0, 0.05) is 49.2 Å². The minimum Gasteiger partial charge on any atom is -0.315 e. The van der Waals surface area contributed by atoms with Crippen molar-refractivity contribution in [2.24, 2.45) is 0 Å². The molecule has 3 aliphatic rings. The van der Waals surface area contributed by atoms with Crippen molar-refractivity contribution < 1.29 is 14.4 Å². The smallest absolute Gasteiger partial charge is 0.315 e. The highest BCUT2D eigenvalue weighted by Crippen LogP contribution is 2.44. The van der Waals surface area contributed by atoms with Gasteiger partial charge in [0.25, 0.3) is 5.91 Å². The first kappa shape index (κ1) is 24.4. The molecule has 0 aliphatic carbocycles. The van der Waals surface area contributed by atoms with Gasteiger partial charge in [-0.15, -0.1) is 0 Å². The molecule has 190 valence electrons. The second-order valence-electron chi connectivity index (χ2n) is 11.1. The van der Waals surface area contributed by atoms with Crippen LogP contribution >= 0.6 is 0 Å². The predicted molar refractivity (Wildman–Crippen MR) is 138 cm³/mol. The molecular formula is C27H34N6O3. The fraction of sp³-hybridized carbons (Fsp3) is 0.481. The zero-order chi connectivity index (χ0) is 25.7. The fourth-order valence-electron chi connectivity index (χ4n) is 5.40. The van der Waals surface area contributed by atoms with E-state index in [1.54, 1.807) is 36.0 Å². The number of carbonyl (C=O) groups excluding carboxylic acids is 3. The summed E-state index contributed by atoms with van der Waals surface area (Å²) in [5.74, 6) is -0.295. The average Bonchev–Trinajstić information content (AvgIpc) is 3.51. The number of fused-ring (bicyclic) bond motifs is 1. The monoisotopic (exact) mass is 490 g/mol. The lowest BCUT2D eigenvalue weighted by atomic mass is 9.87. The van der Waals surface area contributed by atoms with Crippen LogP contribution in [0.2, 0.25) is 0 Å². The Labute approximate surface area is 211 Å². The minimum atomic E-state index is -1.01. The summed E-state index contributed by atoms with van der Waals surface area (Å²) in [6, 6.07) is 9.20. The number of anilines is 2. The summed E-state index contributed by atoms with van der Waals surface area (Å²) in [6.45, 7) is 10.7. The highest BCUT2D eigenvalue weighted by atomic mass is 16.2. The minimum absolute atomic E-state index is 0.00964. The number of nitrogens with zero attached hydrogens (tertiary/aromatic N) is 4. The van der Waals surface area contributed by atoms with Crippen LogP contribution in [0.4, 0.5) is 16.2 Å². The summed E-state index contributed by atoms with van der Waals surface area (Å²) in [4.78, 5) is 48.9. The highest BCUT2D eigenvalue weighted by Gasteiger charge is 2.52. The molecule has 1 unspecified atom stereocenters. The molecule has 4 heterocycles. The Morgan fingerprint density at radius 2 is 1.89 bits per heavy atom. The first-order valence-electron chi connectivity index (χ1n) is 12.5. The zero-order valence-electron chi connectivity index (χ0n) is 21.4. The van der Waals surface area contributed by atoms with Crippen LogP contribution in [0.1, 0.15) is 45.2 Å². The van der Waals surface area contributed by atoms with Gasteiger partial charge in [0.05, 0.1) is 12.2 Å². The van der Waals surface area contributed by atoms with E-state index in [-0.39, 0.29) is 29.8 Å². The zero-order valence-corrected chi connectivity index (χ0v) is 21.4. The Morgan fingerprint density at radius 3 is 2.58 bits per heavy atom. The third-order valence-corrected chi connectivity index (χ3v) is 7.63. The van der Waals surface area contributed by atoms with Crippen LogP contribution in [0.3, 0.4) is 0 Å². The highest BCUT2D eigenvalue weighted by molar-refractivity contribution is 6.23. The first-order chi connectivity index (χ1) is 17.1. The lowest BCUT2D eigenvalue weighted by Gasteiger charge is -2.27. The number of aromatic nitrogens is 1. The lowest BCUT2D eigenvalue weighted by molar-refractivity contribution is -0.123. The summed E-state index contributed by atoms with van der Waals surface area (Å²) in [6.07, 6.45) is 4.35. The molecule has 1 atom stereocenters. The number of carbonyl (C=O) groups is 3. The van der Waals surface area contributed by atoms with Crippen molar-refractivity contribution in [1.82, 2.24) is 20.5 Å². The van der Waals surface area contributed by atoms with Gasteiger partial charge >= 0.3 is 6.03 Å². The summed E-state index contributed by atoms with van der Waals surface area (Å²) < 4.78 is 0. The van der Waals surface area contributed by atoms with Crippen molar-refractivity contribution in [2.75, 3.05) is 36.0 Å². The van der Waals surface area contributed by atoms with Gasteiger partial charge in [0.15, 0.2) is 0 Å². The van der Waals surface area contributed by atoms with E-state index in [1.165, 1.54) is 4.90 Å². The lowest BCUT2D eigenvalue weighted by Crippen LogP contribution is -2.43. The second-order valence-corrected chi connectivity index (χ2v) is 11.1. The van der Waals surface area contributed by atoms with Crippen molar-refractivity contribution in [2.45, 2.75) is 57.7 Å². The molecule has 5 rings (SSSR count). The van der Waals surface area contributed by atoms with E-state index in [0.29, 0.717) is 24.8 Å². The average molecular weight is 491 g/mol. The second kappa shape index (κ2) is 8.97. The third-order valence-electron chi connectivity index (χ3n) is 7.63. The van der Waals surface area contributed by atoms with Crippen LogP contribution < -0.4 is 20.4 Å². The SMILES string of the molecule is CC1(C)CN(C(=O)CNC2CCNC2)c2cc(N3C(=O)N(Cc4ccncc4)C(C)(C)C3=O)ccc21. The standard InChI is InChI=1S/C27H34N6O3/c1-26(2)17-31(23(34)15-30-19-9-12-29-14-19)22-13-20(5-6-21(22)26)33-24(35)27(3,4)32(25(33)36)16-18-7-10-28-11-8-18/h5-8,10-11,13,19,29-30H,9,12,14-17H2,1-4H3. The number of nitrogens with one attached hydrogen (secondary N) is 2. The number of amides is 4. The van der Waals surface area contributed by atoms with E-state index in [9.17, 15) is 14.4 Å².